The molecule has 0 saturated heterocycles. The van der Waals surface area contributed by atoms with Gasteiger partial charge in [-0.15, -0.1) is 0 Å². The number of ether oxygens (including phenoxy) is 2. The lowest BCUT2D eigenvalue weighted by molar-refractivity contribution is -0.131. The van der Waals surface area contributed by atoms with E-state index in [-0.39, 0.29) is 11.3 Å². The molecule has 0 bridgehead atoms. The first-order valence-electron chi connectivity index (χ1n) is 9.48. The SMILES string of the molecule is COc1ccc(-c2nc(SCC(=O)Oc3cccc(C)c3C)n3[nH]c(=O)cc3n2)cc1. The second-order valence-electron chi connectivity index (χ2n) is 6.83. The summed E-state index contributed by atoms with van der Waals surface area (Å²) in [4.78, 5) is 33.3. The highest BCUT2D eigenvalue weighted by Gasteiger charge is 2.15. The molecule has 0 atom stereocenters. The average molecular weight is 436 g/mol. The van der Waals surface area contributed by atoms with Crippen molar-refractivity contribution in [1.82, 2.24) is 19.6 Å². The molecule has 0 saturated carbocycles. The highest BCUT2D eigenvalue weighted by molar-refractivity contribution is 7.99. The lowest BCUT2D eigenvalue weighted by Gasteiger charge is -2.10. The molecule has 31 heavy (non-hydrogen) atoms. The fourth-order valence-electron chi connectivity index (χ4n) is 2.96. The molecule has 2 heterocycles. The standard InChI is InChI=1S/C22H20N4O4S/c1-13-5-4-6-17(14(13)2)30-20(28)12-31-22-24-21(15-7-9-16(29-3)10-8-15)23-18-11-19(27)25-26(18)22/h4-11H,12H2,1-3H3,(H,25,27). The zero-order valence-corrected chi connectivity index (χ0v) is 18.0. The molecule has 0 aliphatic rings. The number of H-pyrrole nitrogens is 1. The van der Waals surface area contributed by atoms with Crippen LogP contribution in [0.5, 0.6) is 11.5 Å². The van der Waals surface area contributed by atoms with E-state index in [0.29, 0.717) is 28.1 Å². The quantitative estimate of drug-likeness (QED) is 0.281. The molecule has 0 radical (unpaired) electrons. The van der Waals surface area contributed by atoms with E-state index in [2.05, 4.69) is 15.1 Å². The number of rotatable bonds is 6. The highest BCUT2D eigenvalue weighted by Crippen LogP contribution is 2.25. The van der Waals surface area contributed by atoms with Crippen LogP contribution in [0, 0.1) is 13.8 Å². The number of methoxy groups -OCH3 is 1. The van der Waals surface area contributed by atoms with Crippen molar-refractivity contribution < 1.29 is 14.3 Å². The normalized spacial score (nSPS) is 10.9. The van der Waals surface area contributed by atoms with Crippen molar-refractivity contribution in [2.45, 2.75) is 19.0 Å². The van der Waals surface area contributed by atoms with Crippen LogP contribution >= 0.6 is 11.8 Å². The highest BCUT2D eigenvalue weighted by atomic mass is 32.2. The van der Waals surface area contributed by atoms with E-state index < -0.39 is 5.97 Å². The van der Waals surface area contributed by atoms with Crippen molar-refractivity contribution in [2.75, 3.05) is 12.9 Å². The van der Waals surface area contributed by atoms with E-state index in [1.165, 1.54) is 10.6 Å². The van der Waals surface area contributed by atoms with Gasteiger partial charge in [-0.1, -0.05) is 23.9 Å². The maximum absolute atomic E-state index is 12.4. The number of aromatic amines is 1. The maximum Gasteiger partial charge on any atom is 0.321 e. The molecule has 9 heteroatoms. The molecule has 0 aliphatic heterocycles. The molecular formula is C22H20N4O4S. The first-order valence-corrected chi connectivity index (χ1v) is 10.5. The number of benzene rings is 2. The molecule has 0 amide bonds. The summed E-state index contributed by atoms with van der Waals surface area (Å²) < 4.78 is 12.2. The van der Waals surface area contributed by atoms with Crippen LogP contribution in [-0.2, 0) is 4.79 Å². The minimum Gasteiger partial charge on any atom is -0.497 e. The van der Waals surface area contributed by atoms with Crippen LogP contribution in [0.2, 0.25) is 0 Å². The van der Waals surface area contributed by atoms with Crippen LogP contribution in [0.25, 0.3) is 17.0 Å². The van der Waals surface area contributed by atoms with Gasteiger partial charge in [-0.25, -0.2) is 14.5 Å². The molecule has 8 nitrogen and oxygen atoms in total. The molecule has 4 rings (SSSR count). The third-order valence-electron chi connectivity index (χ3n) is 4.77. The second-order valence-corrected chi connectivity index (χ2v) is 7.78. The third kappa shape index (κ3) is 4.46. The van der Waals surface area contributed by atoms with E-state index in [1.807, 2.05) is 38.1 Å². The Hall–Kier alpha value is -3.59. The molecule has 0 spiro atoms. The van der Waals surface area contributed by atoms with Gasteiger partial charge in [0.1, 0.15) is 11.5 Å². The van der Waals surface area contributed by atoms with Crippen molar-refractivity contribution in [1.29, 1.82) is 0 Å². The maximum atomic E-state index is 12.4. The Kier molecular flexibility index (Phi) is 5.77. The first-order chi connectivity index (χ1) is 14.9. The zero-order chi connectivity index (χ0) is 22.0. The lowest BCUT2D eigenvalue weighted by Crippen LogP contribution is -2.13. The van der Waals surface area contributed by atoms with Gasteiger partial charge in [0.05, 0.1) is 12.9 Å². The summed E-state index contributed by atoms with van der Waals surface area (Å²) in [5.41, 5.74) is 2.83. The predicted octanol–water partition coefficient (Wildman–Crippen LogP) is 3.41. The van der Waals surface area contributed by atoms with Crippen LogP contribution in [0.3, 0.4) is 0 Å². The van der Waals surface area contributed by atoms with E-state index in [4.69, 9.17) is 9.47 Å². The number of fused-ring (bicyclic) bond motifs is 1. The van der Waals surface area contributed by atoms with Gasteiger partial charge in [0, 0.05) is 11.6 Å². The Balaban J connectivity index is 1.59. The van der Waals surface area contributed by atoms with Gasteiger partial charge < -0.3 is 9.47 Å². The van der Waals surface area contributed by atoms with Gasteiger partial charge in [0.2, 0.25) is 0 Å². The van der Waals surface area contributed by atoms with Gasteiger partial charge in [0.15, 0.2) is 16.6 Å². The van der Waals surface area contributed by atoms with E-state index >= 15 is 0 Å². The monoisotopic (exact) mass is 436 g/mol. The summed E-state index contributed by atoms with van der Waals surface area (Å²) in [7, 11) is 1.59. The Morgan fingerprint density at radius 2 is 1.90 bits per heavy atom. The number of carbonyl (C=O) groups is 1. The predicted molar refractivity (Wildman–Crippen MR) is 118 cm³/mol. The van der Waals surface area contributed by atoms with E-state index in [9.17, 15) is 9.59 Å². The summed E-state index contributed by atoms with van der Waals surface area (Å²) in [5, 5.41) is 3.08. The molecule has 2 aromatic heterocycles. The largest absolute Gasteiger partial charge is 0.497 e. The summed E-state index contributed by atoms with van der Waals surface area (Å²) in [5.74, 6) is 1.29. The van der Waals surface area contributed by atoms with Crippen LogP contribution in [0.1, 0.15) is 11.1 Å². The van der Waals surface area contributed by atoms with Crippen molar-refractivity contribution >= 4 is 23.4 Å². The fraction of sp³-hybridized carbons (Fsp3) is 0.182. The van der Waals surface area contributed by atoms with Crippen LogP contribution in [-0.4, -0.2) is 38.4 Å². The molecular weight excluding hydrogens is 416 g/mol. The van der Waals surface area contributed by atoms with Gasteiger partial charge in [-0.05, 0) is 55.3 Å². The topological polar surface area (TPSA) is 98.6 Å². The third-order valence-corrected chi connectivity index (χ3v) is 5.68. The minimum absolute atomic E-state index is 0.0156. The number of hydrogen-bond acceptors (Lipinski definition) is 7. The Bertz CT molecular complexity index is 1310. The Labute approximate surface area is 182 Å². The summed E-state index contributed by atoms with van der Waals surface area (Å²) in [6.07, 6.45) is 0. The summed E-state index contributed by atoms with van der Waals surface area (Å²) in [6, 6.07) is 14.2. The molecule has 0 unspecified atom stereocenters. The second kappa shape index (κ2) is 8.65. The van der Waals surface area contributed by atoms with E-state index in [1.54, 1.807) is 25.3 Å². The van der Waals surface area contributed by atoms with Gasteiger partial charge in [0.25, 0.3) is 5.56 Å². The van der Waals surface area contributed by atoms with Crippen molar-refractivity contribution in [3.05, 3.63) is 70.0 Å². The summed E-state index contributed by atoms with van der Waals surface area (Å²) in [6.45, 7) is 3.87. The molecule has 158 valence electrons. The van der Waals surface area contributed by atoms with Crippen LogP contribution < -0.4 is 15.0 Å². The number of nitrogens with one attached hydrogen (secondary N) is 1. The van der Waals surface area contributed by atoms with Gasteiger partial charge in [-0.2, -0.15) is 0 Å². The molecule has 0 fully saturated rings. The average Bonchev–Trinajstić information content (AvgIpc) is 3.15. The number of nitrogens with zero attached hydrogens (tertiary/aromatic N) is 3. The van der Waals surface area contributed by atoms with Crippen molar-refractivity contribution in [3.8, 4) is 22.9 Å². The number of esters is 1. The van der Waals surface area contributed by atoms with Crippen LogP contribution in [0.15, 0.2) is 58.5 Å². The lowest BCUT2D eigenvalue weighted by atomic mass is 10.1. The van der Waals surface area contributed by atoms with Crippen molar-refractivity contribution in [3.63, 3.8) is 0 Å². The zero-order valence-electron chi connectivity index (χ0n) is 17.2. The van der Waals surface area contributed by atoms with Crippen LogP contribution in [0.4, 0.5) is 0 Å². The molecule has 1 N–H and O–H groups in total. The minimum atomic E-state index is -0.411. The number of carbonyl (C=O) groups excluding carboxylic acids is 1. The summed E-state index contributed by atoms with van der Waals surface area (Å²) >= 11 is 1.16. The number of aryl methyl sites for hydroxylation is 1. The number of thioether (sulfide) groups is 1. The van der Waals surface area contributed by atoms with Gasteiger partial charge in [-0.3, -0.25) is 14.7 Å². The molecule has 4 aromatic rings. The van der Waals surface area contributed by atoms with Crippen molar-refractivity contribution in [2.24, 2.45) is 0 Å². The smallest absolute Gasteiger partial charge is 0.321 e. The molecule has 2 aromatic carbocycles. The number of hydrogen-bond donors (Lipinski definition) is 1. The first kappa shape index (κ1) is 20.7. The molecule has 0 aliphatic carbocycles. The Morgan fingerprint density at radius 1 is 1.13 bits per heavy atom. The fourth-order valence-corrected chi connectivity index (χ4v) is 3.69. The Morgan fingerprint density at radius 3 is 2.65 bits per heavy atom. The van der Waals surface area contributed by atoms with E-state index in [0.717, 1.165) is 28.5 Å². The van der Waals surface area contributed by atoms with Gasteiger partial charge >= 0.3 is 5.97 Å². The number of aromatic nitrogens is 4.